The number of carbonyl (C=O) groups excluding carboxylic acids is 1. The van der Waals surface area contributed by atoms with E-state index in [9.17, 15) is 14.9 Å². The minimum Gasteiger partial charge on any atom is -0.493 e. The summed E-state index contributed by atoms with van der Waals surface area (Å²) < 4.78 is 12.4. The first-order valence-corrected chi connectivity index (χ1v) is 9.56. The van der Waals surface area contributed by atoms with E-state index in [2.05, 4.69) is 10.4 Å². The lowest BCUT2D eigenvalue weighted by Crippen LogP contribution is -2.14. The van der Waals surface area contributed by atoms with E-state index in [1.165, 1.54) is 18.2 Å². The van der Waals surface area contributed by atoms with Gasteiger partial charge < -0.3 is 14.8 Å². The number of amides is 1. The van der Waals surface area contributed by atoms with E-state index < -0.39 is 4.92 Å². The van der Waals surface area contributed by atoms with Crippen LogP contribution in [0.3, 0.4) is 0 Å². The molecule has 1 amide bonds. The molecular weight excluding hydrogens is 400 g/mol. The maximum absolute atomic E-state index is 12.7. The van der Waals surface area contributed by atoms with Crippen molar-refractivity contribution in [2.24, 2.45) is 0 Å². The molecule has 0 spiro atoms. The Bertz CT molecular complexity index is 1150. The Morgan fingerprint density at radius 1 is 1.10 bits per heavy atom. The van der Waals surface area contributed by atoms with Crippen molar-refractivity contribution in [3.63, 3.8) is 0 Å². The molecule has 3 rings (SSSR count). The van der Waals surface area contributed by atoms with Crippen LogP contribution < -0.4 is 14.8 Å². The van der Waals surface area contributed by atoms with Gasteiger partial charge in [-0.1, -0.05) is 6.07 Å². The van der Waals surface area contributed by atoms with Crippen LogP contribution >= 0.6 is 0 Å². The van der Waals surface area contributed by atoms with Crippen LogP contribution in [0, 0.1) is 30.9 Å². The molecule has 0 unspecified atom stereocenters. The fraction of sp³-hybridized carbons (Fsp3) is 0.273. The molecule has 0 aliphatic heterocycles. The predicted molar refractivity (Wildman–Crippen MR) is 116 cm³/mol. The summed E-state index contributed by atoms with van der Waals surface area (Å²) in [5.41, 5.74) is 3.79. The number of benzene rings is 2. The van der Waals surface area contributed by atoms with Gasteiger partial charge in [-0.15, -0.1) is 0 Å². The van der Waals surface area contributed by atoms with Gasteiger partial charge in [0.2, 0.25) is 0 Å². The van der Waals surface area contributed by atoms with E-state index in [0.717, 1.165) is 11.3 Å². The highest BCUT2D eigenvalue weighted by atomic mass is 16.6. The summed E-state index contributed by atoms with van der Waals surface area (Å²) in [6.45, 7) is 5.78. The average molecular weight is 424 g/mol. The summed E-state index contributed by atoms with van der Waals surface area (Å²) >= 11 is 0. The second-order valence-electron chi connectivity index (χ2n) is 7.11. The lowest BCUT2D eigenvalue weighted by Gasteiger charge is -2.11. The number of hydrogen-bond donors (Lipinski definition) is 1. The van der Waals surface area contributed by atoms with Crippen molar-refractivity contribution < 1.29 is 19.2 Å². The number of hydrogen-bond acceptors (Lipinski definition) is 6. The van der Waals surface area contributed by atoms with Crippen LogP contribution in [0.25, 0.3) is 0 Å². The third-order valence-electron chi connectivity index (χ3n) is 5.06. The van der Waals surface area contributed by atoms with Crippen LogP contribution in [0.15, 0.2) is 36.4 Å². The molecule has 31 heavy (non-hydrogen) atoms. The van der Waals surface area contributed by atoms with Crippen molar-refractivity contribution in [3.05, 3.63) is 74.6 Å². The first-order valence-electron chi connectivity index (χ1n) is 9.56. The minimum atomic E-state index is -0.469. The highest BCUT2D eigenvalue weighted by Gasteiger charge is 2.18. The molecule has 0 saturated carbocycles. The van der Waals surface area contributed by atoms with Crippen molar-refractivity contribution in [1.82, 2.24) is 9.78 Å². The highest BCUT2D eigenvalue weighted by Crippen LogP contribution is 2.29. The molecule has 0 saturated heterocycles. The summed E-state index contributed by atoms with van der Waals surface area (Å²) in [7, 11) is 3.17. The maximum Gasteiger partial charge on any atom is 0.272 e. The van der Waals surface area contributed by atoms with Gasteiger partial charge >= 0.3 is 0 Å². The summed E-state index contributed by atoms with van der Waals surface area (Å²) in [4.78, 5) is 23.2. The molecule has 0 aliphatic carbocycles. The zero-order chi connectivity index (χ0) is 22.7. The largest absolute Gasteiger partial charge is 0.493 e. The Morgan fingerprint density at radius 2 is 1.81 bits per heavy atom. The minimum absolute atomic E-state index is 0.0216. The second kappa shape index (κ2) is 8.86. The van der Waals surface area contributed by atoms with Crippen LogP contribution in [0.5, 0.6) is 11.5 Å². The zero-order valence-corrected chi connectivity index (χ0v) is 18.1. The van der Waals surface area contributed by atoms with Gasteiger partial charge in [-0.05, 0) is 50.6 Å². The first kappa shape index (κ1) is 21.8. The molecular formula is C22H24N4O5. The molecule has 1 N–H and O–H groups in total. The van der Waals surface area contributed by atoms with E-state index in [1.54, 1.807) is 25.8 Å². The van der Waals surface area contributed by atoms with Crippen LogP contribution in [0.4, 0.5) is 11.4 Å². The molecule has 2 aromatic carbocycles. The van der Waals surface area contributed by atoms with Gasteiger partial charge in [0.05, 0.1) is 42.8 Å². The summed E-state index contributed by atoms with van der Waals surface area (Å²) in [6, 6.07) is 9.93. The molecule has 0 radical (unpaired) electrons. The normalized spacial score (nSPS) is 10.6. The molecule has 9 heteroatoms. The standard InChI is InChI=1S/C22H24N4O5/c1-13-10-17(7-8-18(13)26(28)29)22(27)23-21-14(2)24-25(15(21)3)12-16-6-9-19(30-4)20(11-16)31-5/h6-11H,12H2,1-5H3,(H,23,27). The highest BCUT2D eigenvalue weighted by molar-refractivity contribution is 6.05. The Hall–Kier alpha value is -3.88. The quantitative estimate of drug-likeness (QED) is 0.453. The van der Waals surface area contributed by atoms with Crippen LogP contribution in [-0.2, 0) is 6.54 Å². The Morgan fingerprint density at radius 3 is 2.42 bits per heavy atom. The van der Waals surface area contributed by atoms with Crippen molar-refractivity contribution in [3.8, 4) is 11.5 Å². The number of ether oxygens (including phenoxy) is 2. The molecule has 0 bridgehead atoms. The molecule has 0 aliphatic rings. The SMILES string of the molecule is COc1ccc(Cn2nc(C)c(NC(=O)c3ccc([N+](=O)[O-])c(C)c3)c2C)cc1OC. The summed E-state index contributed by atoms with van der Waals surface area (Å²) in [6.07, 6.45) is 0. The fourth-order valence-electron chi connectivity index (χ4n) is 3.37. The third-order valence-corrected chi connectivity index (χ3v) is 5.06. The second-order valence-corrected chi connectivity index (χ2v) is 7.11. The Balaban J connectivity index is 1.82. The van der Waals surface area contributed by atoms with Gasteiger partial charge in [-0.25, -0.2) is 0 Å². The average Bonchev–Trinajstić information content (AvgIpc) is 3.00. The molecule has 162 valence electrons. The van der Waals surface area contributed by atoms with Gasteiger partial charge in [-0.3, -0.25) is 19.6 Å². The number of nitro benzene ring substituents is 1. The van der Waals surface area contributed by atoms with Crippen molar-refractivity contribution >= 4 is 17.3 Å². The first-order chi connectivity index (χ1) is 14.7. The van der Waals surface area contributed by atoms with E-state index in [4.69, 9.17) is 9.47 Å². The molecule has 1 heterocycles. The van der Waals surface area contributed by atoms with Gasteiger partial charge in [0.25, 0.3) is 11.6 Å². The van der Waals surface area contributed by atoms with Gasteiger partial charge in [0, 0.05) is 17.2 Å². The molecule has 3 aromatic rings. The van der Waals surface area contributed by atoms with E-state index in [1.807, 2.05) is 32.0 Å². The smallest absolute Gasteiger partial charge is 0.272 e. The third kappa shape index (κ3) is 4.50. The number of aryl methyl sites for hydroxylation is 2. The van der Waals surface area contributed by atoms with Gasteiger partial charge in [-0.2, -0.15) is 5.10 Å². The lowest BCUT2D eigenvalue weighted by atomic mass is 10.1. The van der Waals surface area contributed by atoms with Crippen molar-refractivity contribution in [2.75, 3.05) is 19.5 Å². The number of aromatic nitrogens is 2. The predicted octanol–water partition coefficient (Wildman–Crippen LogP) is 4.03. The summed E-state index contributed by atoms with van der Waals surface area (Å²) in [5, 5.41) is 18.4. The number of nitrogens with zero attached hydrogens (tertiary/aromatic N) is 3. The topological polar surface area (TPSA) is 109 Å². The van der Waals surface area contributed by atoms with Crippen LogP contribution in [0.2, 0.25) is 0 Å². The van der Waals surface area contributed by atoms with Gasteiger partial charge in [0.15, 0.2) is 11.5 Å². The number of anilines is 1. The maximum atomic E-state index is 12.7. The number of methoxy groups -OCH3 is 2. The van der Waals surface area contributed by atoms with E-state index in [0.29, 0.717) is 40.6 Å². The molecule has 1 aromatic heterocycles. The van der Waals surface area contributed by atoms with Crippen LogP contribution in [0.1, 0.15) is 32.9 Å². The zero-order valence-electron chi connectivity index (χ0n) is 18.1. The van der Waals surface area contributed by atoms with Crippen molar-refractivity contribution in [1.29, 1.82) is 0 Å². The number of nitrogens with one attached hydrogen (secondary N) is 1. The summed E-state index contributed by atoms with van der Waals surface area (Å²) in [5.74, 6) is 0.921. The van der Waals surface area contributed by atoms with Crippen LogP contribution in [-0.4, -0.2) is 34.8 Å². The Kier molecular flexibility index (Phi) is 6.24. The Labute approximate surface area is 179 Å². The van der Waals surface area contributed by atoms with E-state index in [-0.39, 0.29) is 11.6 Å². The molecule has 9 nitrogen and oxygen atoms in total. The fourth-order valence-corrected chi connectivity index (χ4v) is 3.37. The molecule has 0 fully saturated rings. The van der Waals surface area contributed by atoms with Crippen molar-refractivity contribution in [2.45, 2.75) is 27.3 Å². The monoisotopic (exact) mass is 424 g/mol. The molecule has 0 atom stereocenters. The number of carbonyl (C=O) groups is 1. The van der Waals surface area contributed by atoms with Gasteiger partial charge in [0.1, 0.15) is 0 Å². The van der Waals surface area contributed by atoms with E-state index >= 15 is 0 Å². The lowest BCUT2D eigenvalue weighted by molar-refractivity contribution is -0.385. The number of nitro groups is 1. The number of rotatable bonds is 7.